The molecular formula is C23H23N7O2S. The van der Waals surface area contributed by atoms with E-state index in [1.165, 1.54) is 11.3 Å². The van der Waals surface area contributed by atoms with Crippen molar-refractivity contribution in [1.82, 2.24) is 25.3 Å². The molecule has 3 aromatic heterocycles. The van der Waals surface area contributed by atoms with E-state index in [1.807, 2.05) is 48.5 Å². The molecule has 0 aliphatic carbocycles. The summed E-state index contributed by atoms with van der Waals surface area (Å²) >= 11 is 1.47. The molecule has 1 aliphatic rings. The van der Waals surface area contributed by atoms with Gasteiger partial charge in [-0.3, -0.25) is 14.8 Å². The van der Waals surface area contributed by atoms with Crippen LogP contribution in [0, 0.1) is 0 Å². The third kappa shape index (κ3) is 4.92. The number of nitrogens with zero attached hydrogens (tertiary/aromatic N) is 4. The van der Waals surface area contributed by atoms with Crippen molar-refractivity contribution in [1.29, 1.82) is 0 Å². The average Bonchev–Trinajstić information content (AvgIpc) is 3.51. The van der Waals surface area contributed by atoms with Gasteiger partial charge in [0.25, 0.3) is 5.91 Å². The van der Waals surface area contributed by atoms with Crippen LogP contribution in [0.5, 0.6) is 0 Å². The Hall–Kier alpha value is -3.60. The molecule has 0 bridgehead atoms. The van der Waals surface area contributed by atoms with Gasteiger partial charge < -0.3 is 15.8 Å². The number of pyridine rings is 1. The summed E-state index contributed by atoms with van der Waals surface area (Å²) in [5.74, 6) is 0.196. The molecular weight excluding hydrogens is 438 g/mol. The number of carbonyl (C=O) groups is 1. The molecule has 33 heavy (non-hydrogen) atoms. The number of amides is 1. The second-order valence-corrected chi connectivity index (χ2v) is 8.73. The van der Waals surface area contributed by atoms with E-state index < -0.39 is 5.91 Å². The molecule has 9 nitrogen and oxygen atoms in total. The second-order valence-electron chi connectivity index (χ2n) is 7.68. The summed E-state index contributed by atoms with van der Waals surface area (Å²) in [6.07, 6.45) is 1.74. The molecule has 4 heterocycles. The molecule has 0 spiro atoms. The van der Waals surface area contributed by atoms with Gasteiger partial charge in [-0.05, 0) is 23.8 Å². The van der Waals surface area contributed by atoms with Gasteiger partial charge in [0.2, 0.25) is 0 Å². The SMILES string of the molecule is NC(=O)c1cc(-c2ccc(-c3c[nH]nn3)cc2)sc1Nc1cccc(CN2CCOCC2)n1. The van der Waals surface area contributed by atoms with Crippen molar-refractivity contribution >= 4 is 28.1 Å². The lowest BCUT2D eigenvalue weighted by Gasteiger charge is -2.26. The minimum atomic E-state index is -0.483. The number of hydrogen-bond acceptors (Lipinski definition) is 8. The van der Waals surface area contributed by atoms with E-state index in [4.69, 9.17) is 15.5 Å². The van der Waals surface area contributed by atoms with Crippen LogP contribution in [0.3, 0.4) is 0 Å². The van der Waals surface area contributed by atoms with Gasteiger partial charge in [0.1, 0.15) is 16.5 Å². The molecule has 0 atom stereocenters. The van der Waals surface area contributed by atoms with Crippen LogP contribution in [-0.2, 0) is 11.3 Å². The quantitative estimate of drug-likeness (QED) is 0.386. The summed E-state index contributed by atoms with van der Waals surface area (Å²) in [6, 6.07) is 15.6. The van der Waals surface area contributed by atoms with Crippen molar-refractivity contribution in [3.05, 3.63) is 66.0 Å². The van der Waals surface area contributed by atoms with Crippen LogP contribution in [0.25, 0.3) is 21.7 Å². The summed E-state index contributed by atoms with van der Waals surface area (Å²) in [4.78, 5) is 20.1. The van der Waals surface area contributed by atoms with E-state index in [9.17, 15) is 4.79 Å². The molecule has 1 aromatic carbocycles. The molecule has 4 aromatic rings. The van der Waals surface area contributed by atoms with Crippen LogP contribution in [0.15, 0.2) is 54.7 Å². The Kier molecular flexibility index (Phi) is 6.11. The first-order valence-electron chi connectivity index (χ1n) is 10.6. The topological polar surface area (TPSA) is 122 Å². The smallest absolute Gasteiger partial charge is 0.251 e. The number of nitrogens with two attached hydrogens (primary N) is 1. The lowest BCUT2D eigenvalue weighted by atomic mass is 10.1. The van der Waals surface area contributed by atoms with Crippen molar-refractivity contribution in [2.24, 2.45) is 5.73 Å². The van der Waals surface area contributed by atoms with E-state index in [0.29, 0.717) is 16.4 Å². The van der Waals surface area contributed by atoms with Gasteiger partial charge in [-0.25, -0.2) is 4.98 Å². The Balaban J connectivity index is 1.36. The van der Waals surface area contributed by atoms with Crippen LogP contribution in [0.1, 0.15) is 16.1 Å². The van der Waals surface area contributed by atoms with Crippen molar-refractivity contribution in [2.45, 2.75) is 6.54 Å². The molecule has 4 N–H and O–H groups in total. The largest absolute Gasteiger partial charge is 0.379 e. The molecule has 5 rings (SSSR count). The highest BCUT2D eigenvalue weighted by atomic mass is 32.1. The number of H-pyrrole nitrogens is 1. The minimum absolute atomic E-state index is 0.441. The van der Waals surface area contributed by atoms with Gasteiger partial charge >= 0.3 is 0 Å². The maximum atomic E-state index is 12.1. The molecule has 0 radical (unpaired) electrons. The number of anilines is 2. The molecule has 1 aliphatic heterocycles. The summed E-state index contributed by atoms with van der Waals surface area (Å²) in [6.45, 7) is 4.05. The number of rotatable bonds is 7. The van der Waals surface area contributed by atoms with Crippen LogP contribution >= 0.6 is 11.3 Å². The second kappa shape index (κ2) is 9.49. The number of benzene rings is 1. The van der Waals surface area contributed by atoms with Crippen LogP contribution in [0.2, 0.25) is 0 Å². The number of nitrogens with one attached hydrogen (secondary N) is 2. The van der Waals surface area contributed by atoms with Crippen LogP contribution < -0.4 is 11.1 Å². The zero-order valence-electron chi connectivity index (χ0n) is 17.8. The normalized spacial score (nSPS) is 14.3. The predicted octanol–water partition coefficient (Wildman–Crippen LogP) is 3.27. The zero-order chi connectivity index (χ0) is 22.6. The lowest BCUT2D eigenvalue weighted by Crippen LogP contribution is -2.35. The summed E-state index contributed by atoms with van der Waals surface area (Å²) < 4.78 is 5.42. The first kappa shape index (κ1) is 21.3. The van der Waals surface area contributed by atoms with Crippen molar-refractivity contribution < 1.29 is 9.53 Å². The number of primary amides is 1. The van der Waals surface area contributed by atoms with Gasteiger partial charge in [-0.2, -0.15) is 0 Å². The highest BCUT2D eigenvalue weighted by Gasteiger charge is 2.17. The molecule has 1 amide bonds. The van der Waals surface area contributed by atoms with Gasteiger partial charge in [-0.1, -0.05) is 35.5 Å². The maximum Gasteiger partial charge on any atom is 0.251 e. The summed E-state index contributed by atoms with van der Waals surface area (Å²) in [5.41, 5.74) is 9.79. The Labute approximate surface area is 194 Å². The number of thiophene rings is 1. The highest BCUT2D eigenvalue weighted by molar-refractivity contribution is 7.19. The van der Waals surface area contributed by atoms with E-state index in [1.54, 1.807) is 6.20 Å². The fraction of sp³-hybridized carbons (Fsp3) is 0.217. The third-order valence-corrected chi connectivity index (χ3v) is 6.52. The molecule has 10 heteroatoms. The third-order valence-electron chi connectivity index (χ3n) is 5.42. The summed E-state index contributed by atoms with van der Waals surface area (Å²) in [5, 5.41) is 14.5. The Morgan fingerprint density at radius 2 is 1.94 bits per heavy atom. The fourth-order valence-electron chi connectivity index (χ4n) is 3.70. The van der Waals surface area contributed by atoms with E-state index >= 15 is 0 Å². The van der Waals surface area contributed by atoms with E-state index in [0.717, 1.165) is 60.2 Å². The average molecular weight is 462 g/mol. The van der Waals surface area contributed by atoms with Gasteiger partial charge in [0.15, 0.2) is 0 Å². The molecule has 168 valence electrons. The first-order valence-corrected chi connectivity index (χ1v) is 11.4. The zero-order valence-corrected chi connectivity index (χ0v) is 18.6. The first-order chi connectivity index (χ1) is 16.2. The Morgan fingerprint density at radius 1 is 1.15 bits per heavy atom. The van der Waals surface area contributed by atoms with Gasteiger partial charge in [0.05, 0.1) is 24.5 Å². The minimum Gasteiger partial charge on any atom is -0.379 e. The van der Waals surface area contributed by atoms with Gasteiger partial charge in [-0.15, -0.1) is 16.4 Å². The van der Waals surface area contributed by atoms with Crippen LogP contribution in [-0.4, -0.2) is 57.5 Å². The van der Waals surface area contributed by atoms with Crippen molar-refractivity contribution in [3.63, 3.8) is 0 Å². The standard InChI is InChI=1S/C23H23N7O2S/c24-22(31)18-12-20(16-6-4-15(5-7-16)19-13-25-29-28-19)33-23(18)27-21-3-1-2-17(26-21)14-30-8-10-32-11-9-30/h1-7,12-13H,8-11,14H2,(H2,24,31)(H,26,27)(H,25,28,29). The monoisotopic (exact) mass is 461 g/mol. The lowest BCUT2D eigenvalue weighted by molar-refractivity contribution is 0.0337. The number of carbonyl (C=O) groups excluding carboxylic acids is 1. The molecule has 0 saturated carbocycles. The number of morpholine rings is 1. The highest BCUT2D eigenvalue weighted by Crippen LogP contribution is 2.37. The maximum absolute atomic E-state index is 12.1. The van der Waals surface area contributed by atoms with E-state index in [-0.39, 0.29) is 0 Å². The fourth-order valence-corrected chi connectivity index (χ4v) is 4.77. The Bertz CT molecular complexity index is 1230. The van der Waals surface area contributed by atoms with Crippen molar-refractivity contribution in [3.8, 4) is 21.7 Å². The Morgan fingerprint density at radius 3 is 2.67 bits per heavy atom. The predicted molar refractivity (Wildman–Crippen MR) is 127 cm³/mol. The van der Waals surface area contributed by atoms with Crippen molar-refractivity contribution in [2.75, 3.05) is 31.6 Å². The van der Waals surface area contributed by atoms with Gasteiger partial charge in [0, 0.05) is 36.3 Å². The summed E-state index contributed by atoms with van der Waals surface area (Å²) in [7, 11) is 0. The number of aromatic amines is 1. The number of hydrogen-bond donors (Lipinski definition) is 3. The molecule has 1 saturated heterocycles. The molecule has 0 unspecified atom stereocenters. The number of ether oxygens (including phenoxy) is 1. The van der Waals surface area contributed by atoms with E-state index in [2.05, 4.69) is 25.6 Å². The van der Waals surface area contributed by atoms with Crippen LogP contribution in [0.4, 0.5) is 10.8 Å². The molecule has 1 fully saturated rings. The number of aromatic nitrogens is 4.